The topological polar surface area (TPSA) is 96.0 Å². The molecular formula is C15H15N3O2S. The molecule has 2 rings (SSSR count). The number of sulfonamides is 1. The van der Waals surface area contributed by atoms with Crippen molar-refractivity contribution in [1.82, 2.24) is 0 Å². The van der Waals surface area contributed by atoms with Gasteiger partial charge in [-0.2, -0.15) is 5.26 Å². The maximum atomic E-state index is 12.3. The van der Waals surface area contributed by atoms with Gasteiger partial charge in [0.2, 0.25) is 0 Å². The highest BCUT2D eigenvalue weighted by Gasteiger charge is 2.15. The molecule has 0 radical (unpaired) electrons. The van der Waals surface area contributed by atoms with Crippen LogP contribution in [-0.2, 0) is 16.4 Å². The molecule has 2 aromatic carbocycles. The Kier molecular flexibility index (Phi) is 4.15. The molecule has 0 aromatic heterocycles. The summed E-state index contributed by atoms with van der Waals surface area (Å²) in [5.74, 6) is 0. The van der Waals surface area contributed by atoms with Crippen molar-refractivity contribution in [1.29, 1.82) is 5.26 Å². The molecule has 0 aliphatic carbocycles. The predicted molar refractivity (Wildman–Crippen MR) is 82.2 cm³/mol. The van der Waals surface area contributed by atoms with Gasteiger partial charge < -0.3 is 5.73 Å². The lowest BCUT2D eigenvalue weighted by molar-refractivity contribution is 0.601. The monoisotopic (exact) mass is 301 g/mol. The van der Waals surface area contributed by atoms with Crippen LogP contribution in [0.15, 0.2) is 47.4 Å². The minimum absolute atomic E-state index is 0.129. The first kappa shape index (κ1) is 14.9. The van der Waals surface area contributed by atoms with Crippen LogP contribution in [0.25, 0.3) is 0 Å². The largest absolute Gasteiger partial charge is 0.397 e. The van der Waals surface area contributed by atoms with E-state index in [1.54, 1.807) is 30.3 Å². The Labute approximate surface area is 124 Å². The summed E-state index contributed by atoms with van der Waals surface area (Å²) < 4.78 is 27.0. The van der Waals surface area contributed by atoms with E-state index >= 15 is 0 Å². The van der Waals surface area contributed by atoms with Gasteiger partial charge in [-0.3, -0.25) is 4.72 Å². The smallest absolute Gasteiger partial charge is 0.261 e. The Bertz CT molecular complexity index is 791. The number of hydrogen-bond donors (Lipinski definition) is 2. The number of anilines is 2. The van der Waals surface area contributed by atoms with Gasteiger partial charge in [0, 0.05) is 0 Å². The molecule has 6 heteroatoms. The van der Waals surface area contributed by atoms with Crippen molar-refractivity contribution in [2.45, 2.75) is 18.2 Å². The minimum atomic E-state index is -3.69. The van der Waals surface area contributed by atoms with Crippen LogP contribution in [-0.4, -0.2) is 8.42 Å². The lowest BCUT2D eigenvalue weighted by Crippen LogP contribution is -2.14. The van der Waals surface area contributed by atoms with Gasteiger partial charge >= 0.3 is 0 Å². The van der Waals surface area contributed by atoms with Crippen LogP contribution in [0.1, 0.15) is 11.1 Å². The third-order valence-corrected chi connectivity index (χ3v) is 4.35. The number of nitrogens with zero attached hydrogens (tertiary/aromatic N) is 1. The maximum Gasteiger partial charge on any atom is 0.261 e. The van der Waals surface area contributed by atoms with E-state index in [0.29, 0.717) is 11.4 Å². The molecule has 3 N–H and O–H groups in total. The van der Waals surface area contributed by atoms with E-state index in [1.165, 1.54) is 12.1 Å². The number of rotatable bonds is 4. The SMILES string of the molecule is Cc1ccc(NS(=O)(=O)c2ccc(CC#N)cc2)c(N)c1. The van der Waals surface area contributed by atoms with E-state index in [-0.39, 0.29) is 11.3 Å². The van der Waals surface area contributed by atoms with Gasteiger partial charge in [-0.1, -0.05) is 18.2 Å². The summed E-state index contributed by atoms with van der Waals surface area (Å²) in [6.07, 6.45) is 0.249. The molecule has 0 spiro atoms. The molecule has 0 saturated heterocycles. The van der Waals surface area contributed by atoms with Gasteiger partial charge in [-0.25, -0.2) is 8.42 Å². The molecule has 5 nitrogen and oxygen atoms in total. The number of nitrogen functional groups attached to an aromatic ring is 1. The van der Waals surface area contributed by atoms with E-state index in [9.17, 15) is 8.42 Å². The highest BCUT2D eigenvalue weighted by atomic mass is 32.2. The Morgan fingerprint density at radius 1 is 1.19 bits per heavy atom. The zero-order chi connectivity index (χ0) is 15.5. The molecule has 0 saturated carbocycles. The number of nitrogens with two attached hydrogens (primary N) is 1. The Hall–Kier alpha value is -2.52. The molecule has 0 bridgehead atoms. The highest BCUT2D eigenvalue weighted by Crippen LogP contribution is 2.23. The lowest BCUT2D eigenvalue weighted by Gasteiger charge is -2.11. The van der Waals surface area contributed by atoms with Crippen LogP contribution in [0.5, 0.6) is 0 Å². The highest BCUT2D eigenvalue weighted by molar-refractivity contribution is 7.92. The first-order chi connectivity index (χ1) is 9.92. The summed E-state index contributed by atoms with van der Waals surface area (Å²) >= 11 is 0. The Morgan fingerprint density at radius 3 is 2.43 bits per heavy atom. The first-order valence-corrected chi connectivity index (χ1v) is 7.75. The van der Waals surface area contributed by atoms with Gasteiger partial charge in [0.15, 0.2) is 0 Å². The normalized spacial score (nSPS) is 10.9. The molecule has 2 aromatic rings. The minimum Gasteiger partial charge on any atom is -0.397 e. The van der Waals surface area contributed by atoms with E-state index < -0.39 is 10.0 Å². The van der Waals surface area contributed by atoms with Gasteiger partial charge in [-0.05, 0) is 42.3 Å². The van der Waals surface area contributed by atoms with Crippen LogP contribution < -0.4 is 10.5 Å². The third-order valence-electron chi connectivity index (χ3n) is 2.97. The van der Waals surface area contributed by atoms with Crippen LogP contribution in [0.3, 0.4) is 0 Å². The van der Waals surface area contributed by atoms with Crippen molar-refractivity contribution in [3.05, 3.63) is 53.6 Å². The number of hydrogen-bond acceptors (Lipinski definition) is 4. The summed E-state index contributed by atoms with van der Waals surface area (Å²) in [5, 5.41) is 8.60. The number of benzene rings is 2. The molecule has 0 unspecified atom stereocenters. The zero-order valence-corrected chi connectivity index (χ0v) is 12.3. The van der Waals surface area contributed by atoms with Crippen molar-refractivity contribution in [3.63, 3.8) is 0 Å². The number of nitriles is 1. The number of aryl methyl sites for hydroxylation is 1. The fraction of sp³-hybridized carbons (Fsp3) is 0.133. The second-order valence-electron chi connectivity index (χ2n) is 4.68. The fourth-order valence-electron chi connectivity index (χ4n) is 1.86. The second kappa shape index (κ2) is 5.85. The first-order valence-electron chi connectivity index (χ1n) is 6.27. The average molecular weight is 301 g/mol. The molecule has 108 valence electrons. The van der Waals surface area contributed by atoms with Gasteiger partial charge in [-0.15, -0.1) is 0 Å². The summed E-state index contributed by atoms with van der Waals surface area (Å²) in [5.41, 5.74) is 8.26. The molecule has 0 aliphatic rings. The quantitative estimate of drug-likeness (QED) is 0.848. The predicted octanol–water partition coefficient (Wildman–Crippen LogP) is 2.44. The summed E-state index contributed by atoms with van der Waals surface area (Å²) in [7, 11) is -3.69. The molecule has 0 atom stereocenters. The summed E-state index contributed by atoms with van der Waals surface area (Å²) in [6.45, 7) is 1.88. The summed E-state index contributed by atoms with van der Waals surface area (Å²) in [6, 6.07) is 13.3. The number of nitrogens with one attached hydrogen (secondary N) is 1. The van der Waals surface area contributed by atoms with E-state index in [4.69, 9.17) is 11.0 Å². The molecular weight excluding hydrogens is 286 g/mol. The van der Waals surface area contributed by atoms with Crippen LogP contribution in [0, 0.1) is 18.3 Å². The Morgan fingerprint density at radius 2 is 1.86 bits per heavy atom. The molecule has 0 heterocycles. The van der Waals surface area contributed by atoms with E-state index in [2.05, 4.69) is 4.72 Å². The third kappa shape index (κ3) is 3.52. The molecule has 21 heavy (non-hydrogen) atoms. The second-order valence-corrected chi connectivity index (χ2v) is 6.36. The van der Waals surface area contributed by atoms with Crippen molar-refractivity contribution in [3.8, 4) is 6.07 Å². The van der Waals surface area contributed by atoms with Gasteiger partial charge in [0.1, 0.15) is 0 Å². The van der Waals surface area contributed by atoms with Crippen molar-refractivity contribution in [2.75, 3.05) is 10.5 Å². The Balaban J connectivity index is 2.27. The fourth-order valence-corrected chi connectivity index (χ4v) is 2.94. The van der Waals surface area contributed by atoms with E-state index in [0.717, 1.165) is 11.1 Å². The van der Waals surface area contributed by atoms with Crippen LogP contribution >= 0.6 is 0 Å². The van der Waals surface area contributed by atoms with Gasteiger partial charge in [0.25, 0.3) is 10.0 Å². The van der Waals surface area contributed by atoms with Crippen molar-refractivity contribution in [2.24, 2.45) is 0 Å². The van der Waals surface area contributed by atoms with E-state index in [1.807, 2.05) is 13.0 Å². The molecule has 0 fully saturated rings. The zero-order valence-electron chi connectivity index (χ0n) is 11.5. The summed E-state index contributed by atoms with van der Waals surface area (Å²) in [4.78, 5) is 0.129. The van der Waals surface area contributed by atoms with Crippen LogP contribution in [0.4, 0.5) is 11.4 Å². The van der Waals surface area contributed by atoms with Crippen LogP contribution in [0.2, 0.25) is 0 Å². The molecule has 0 aliphatic heterocycles. The van der Waals surface area contributed by atoms with Gasteiger partial charge in [0.05, 0.1) is 28.8 Å². The average Bonchev–Trinajstić information content (AvgIpc) is 2.43. The van der Waals surface area contributed by atoms with Crippen molar-refractivity contribution >= 4 is 21.4 Å². The standard InChI is InChI=1S/C15H15N3O2S/c1-11-2-7-15(14(17)10-11)18-21(19,20)13-5-3-12(4-6-13)8-9-16/h2-7,10,18H,8,17H2,1H3. The van der Waals surface area contributed by atoms with Crippen molar-refractivity contribution < 1.29 is 8.42 Å². The molecule has 0 amide bonds. The maximum absolute atomic E-state index is 12.3. The lowest BCUT2D eigenvalue weighted by atomic mass is 10.2.